The SMILES string of the molecule is OC1CNCc2nn(-c3ccccc3)cc21. The van der Waals surface area contributed by atoms with Crippen molar-refractivity contribution in [3.8, 4) is 5.69 Å². The molecule has 0 aliphatic carbocycles. The van der Waals surface area contributed by atoms with Crippen LogP contribution >= 0.6 is 0 Å². The molecule has 0 amide bonds. The minimum absolute atomic E-state index is 0.443. The summed E-state index contributed by atoms with van der Waals surface area (Å²) >= 11 is 0. The lowest BCUT2D eigenvalue weighted by atomic mass is 10.1. The van der Waals surface area contributed by atoms with E-state index in [2.05, 4.69) is 10.4 Å². The lowest BCUT2D eigenvalue weighted by Gasteiger charge is -2.16. The number of aromatic nitrogens is 2. The van der Waals surface area contributed by atoms with Gasteiger partial charge < -0.3 is 10.4 Å². The van der Waals surface area contributed by atoms with Crippen LogP contribution in [0, 0.1) is 0 Å². The molecule has 82 valence electrons. The molecule has 1 unspecified atom stereocenters. The summed E-state index contributed by atoms with van der Waals surface area (Å²) in [6, 6.07) is 9.93. The number of nitrogens with one attached hydrogen (secondary N) is 1. The number of hydrogen-bond donors (Lipinski definition) is 2. The fraction of sp³-hybridized carbons (Fsp3) is 0.250. The predicted octanol–water partition coefficient (Wildman–Crippen LogP) is 1.01. The van der Waals surface area contributed by atoms with E-state index in [0.29, 0.717) is 6.54 Å². The van der Waals surface area contributed by atoms with E-state index in [9.17, 15) is 5.11 Å². The highest BCUT2D eigenvalue weighted by atomic mass is 16.3. The third kappa shape index (κ3) is 1.52. The van der Waals surface area contributed by atoms with Gasteiger partial charge in [-0.05, 0) is 12.1 Å². The van der Waals surface area contributed by atoms with Gasteiger partial charge in [-0.25, -0.2) is 4.68 Å². The summed E-state index contributed by atoms with van der Waals surface area (Å²) in [6.07, 6.45) is 1.47. The van der Waals surface area contributed by atoms with Gasteiger partial charge in [0.2, 0.25) is 0 Å². The number of aliphatic hydroxyl groups excluding tert-OH is 1. The molecule has 3 rings (SSSR count). The molecule has 1 aromatic carbocycles. The number of para-hydroxylation sites is 1. The Balaban J connectivity index is 2.05. The zero-order valence-electron chi connectivity index (χ0n) is 8.80. The molecule has 4 nitrogen and oxygen atoms in total. The van der Waals surface area contributed by atoms with Crippen molar-refractivity contribution in [3.05, 3.63) is 47.8 Å². The van der Waals surface area contributed by atoms with Gasteiger partial charge in [-0.2, -0.15) is 5.10 Å². The van der Waals surface area contributed by atoms with Crippen molar-refractivity contribution in [2.75, 3.05) is 6.54 Å². The van der Waals surface area contributed by atoms with Crippen LogP contribution in [0.3, 0.4) is 0 Å². The summed E-state index contributed by atoms with van der Waals surface area (Å²) in [5.74, 6) is 0. The standard InChI is InChI=1S/C12H13N3O/c16-12-7-13-6-11-10(12)8-15(14-11)9-4-2-1-3-5-9/h1-5,8,12-13,16H,6-7H2. The van der Waals surface area contributed by atoms with Crippen LogP contribution in [0.25, 0.3) is 5.69 Å². The molecule has 2 aromatic rings. The number of nitrogens with zero attached hydrogens (tertiary/aromatic N) is 2. The maximum atomic E-state index is 9.81. The van der Waals surface area contributed by atoms with Crippen molar-refractivity contribution < 1.29 is 5.11 Å². The maximum absolute atomic E-state index is 9.81. The average molecular weight is 215 g/mol. The van der Waals surface area contributed by atoms with Crippen LogP contribution in [0.1, 0.15) is 17.4 Å². The maximum Gasteiger partial charge on any atom is 0.0948 e. The Labute approximate surface area is 93.5 Å². The van der Waals surface area contributed by atoms with E-state index in [1.807, 2.05) is 41.2 Å². The lowest BCUT2D eigenvalue weighted by molar-refractivity contribution is 0.165. The van der Waals surface area contributed by atoms with Crippen LogP contribution in [-0.2, 0) is 6.54 Å². The second-order valence-electron chi connectivity index (χ2n) is 3.96. The number of aliphatic hydroxyl groups is 1. The van der Waals surface area contributed by atoms with E-state index >= 15 is 0 Å². The minimum Gasteiger partial charge on any atom is -0.387 e. The van der Waals surface area contributed by atoms with Gasteiger partial charge in [0.15, 0.2) is 0 Å². The molecule has 0 fully saturated rings. The monoisotopic (exact) mass is 215 g/mol. The van der Waals surface area contributed by atoms with Crippen molar-refractivity contribution in [1.29, 1.82) is 0 Å². The summed E-state index contributed by atoms with van der Waals surface area (Å²) in [7, 11) is 0. The third-order valence-electron chi connectivity index (χ3n) is 2.83. The smallest absolute Gasteiger partial charge is 0.0948 e. The highest BCUT2D eigenvalue weighted by Gasteiger charge is 2.21. The molecule has 1 atom stereocenters. The van der Waals surface area contributed by atoms with Crippen LogP contribution in [0.15, 0.2) is 36.5 Å². The molecule has 1 aliphatic rings. The molecule has 1 aliphatic heterocycles. The number of fused-ring (bicyclic) bond motifs is 1. The molecular weight excluding hydrogens is 202 g/mol. The Morgan fingerprint density at radius 2 is 2.12 bits per heavy atom. The van der Waals surface area contributed by atoms with Crippen LogP contribution in [0.4, 0.5) is 0 Å². The van der Waals surface area contributed by atoms with Crippen molar-refractivity contribution in [3.63, 3.8) is 0 Å². The number of rotatable bonds is 1. The molecule has 16 heavy (non-hydrogen) atoms. The number of benzene rings is 1. The van der Waals surface area contributed by atoms with Crippen molar-refractivity contribution in [2.45, 2.75) is 12.6 Å². The van der Waals surface area contributed by atoms with Gasteiger partial charge in [-0.15, -0.1) is 0 Å². The van der Waals surface area contributed by atoms with Gasteiger partial charge in [0, 0.05) is 24.8 Å². The molecule has 0 radical (unpaired) electrons. The average Bonchev–Trinajstić information content (AvgIpc) is 2.76. The Kier molecular flexibility index (Phi) is 2.23. The second kappa shape index (κ2) is 3.73. The molecule has 2 N–H and O–H groups in total. The molecular formula is C12H13N3O. The van der Waals surface area contributed by atoms with Crippen LogP contribution in [-0.4, -0.2) is 21.4 Å². The first kappa shape index (κ1) is 9.57. The topological polar surface area (TPSA) is 50.1 Å². The Morgan fingerprint density at radius 1 is 1.31 bits per heavy atom. The summed E-state index contributed by atoms with van der Waals surface area (Å²) in [4.78, 5) is 0. The summed E-state index contributed by atoms with van der Waals surface area (Å²) < 4.78 is 1.82. The molecule has 0 saturated carbocycles. The van der Waals surface area contributed by atoms with Crippen LogP contribution < -0.4 is 5.32 Å². The van der Waals surface area contributed by atoms with E-state index in [4.69, 9.17) is 0 Å². The first-order chi connectivity index (χ1) is 7.84. The number of β-amino-alcohol motifs (C(OH)–C–C–N with tert-alkyl or cyclic N) is 1. The first-order valence-electron chi connectivity index (χ1n) is 5.37. The van der Waals surface area contributed by atoms with Gasteiger partial charge in [-0.3, -0.25) is 0 Å². The van der Waals surface area contributed by atoms with Gasteiger partial charge in [0.05, 0.1) is 17.5 Å². The minimum atomic E-state index is -0.443. The molecule has 0 bridgehead atoms. The Bertz CT molecular complexity index is 492. The van der Waals surface area contributed by atoms with Gasteiger partial charge in [0.25, 0.3) is 0 Å². The molecule has 4 heteroatoms. The number of hydrogen-bond acceptors (Lipinski definition) is 3. The quantitative estimate of drug-likeness (QED) is 0.746. The molecule has 1 aromatic heterocycles. The van der Waals surface area contributed by atoms with E-state index < -0.39 is 6.10 Å². The van der Waals surface area contributed by atoms with Gasteiger partial charge in [-0.1, -0.05) is 18.2 Å². The second-order valence-corrected chi connectivity index (χ2v) is 3.96. The molecule has 0 saturated heterocycles. The van der Waals surface area contributed by atoms with Crippen LogP contribution in [0.2, 0.25) is 0 Å². The normalized spacial score (nSPS) is 19.4. The molecule has 2 heterocycles. The zero-order chi connectivity index (χ0) is 11.0. The Morgan fingerprint density at radius 3 is 2.88 bits per heavy atom. The van der Waals surface area contributed by atoms with Crippen molar-refractivity contribution in [2.24, 2.45) is 0 Å². The first-order valence-corrected chi connectivity index (χ1v) is 5.37. The molecule has 0 spiro atoms. The van der Waals surface area contributed by atoms with E-state index in [1.54, 1.807) is 0 Å². The van der Waals surface area contributed by atoms with Gasteiger partial charge in [0.1, 0.15) is 0 Å². The predicted molar refractivity (Wildman–Crippen MR) is 60.2 cm³/mol. The van der Waals surface area contributed by atoms with Crippen molar-refractivity contribution >= 4 is 0 Å². The van der Waals surface area contributed by atoms with Gasteiger partial charge >= 0.3 is 0 Å². The van der Waals surface area contributed by atoms with Crippen molar-refractivity contribution in [1.82, 2.24) is 15.1 Å². The Hall–Kier alpha value is -1.65. The fourth-order valence-electron chi connectivity index (χ4n) is 1.99. The zero-order valence-corrected chi connectivity index (χ0v) is 8.80. The van der Waals surface area contributed by atoms with E-state index in [-0.39, 0.29) is 0 Å². The lowest BCUT2D eigenvalue weighted by Crippen LogP contribution is -2.27. The van der Waals surface area contributed by atoms with E-state index in [1.165, 1.54) is 0 Å². The highest BCUT2D eigenvalue weighted by Crippen LogP contribution is 2.21. The summed E-state index contributed by atoms with van der Waals surface area (Å²) in [5, 5.41) is 17.4. The largest absolute Gasteiger partial charge is 0.387 e. The fourth-order valence-corrected chi connectivity index (χ4v) is 1.99. The highest BCUT2D eigenvalue weighted by molar-refractivity contribution is 5.34. The van der Waals surface area contributed by atoms with Crippen LogP contribution in [0.5, 0.6) is 0 Å². The summed E-state index contributed by atoms with van der Waals surface area (Å²) in [6.45, 7) is 1.33. The third-order valence-corrected chi connectivity index (χ3v) is 2.83. The summed E-state index contributed by atoms with van der Waals surface area (Å²) in [5.41, 5.74) is 2.88. The van der Waals surface area contributed by atoms with E-state index in [0.717, 1.165) is 23.5 Å².